The van der Waals surface area contributed by atoms with Gasteiger partial charge in [0.1, 0.15) is 0 Å². The van der Waals surface area contributed by atoms with Crippen LogP contribution in [0.1, 0.15) is 38.5 Å². The van der Waals surface area contributed by atoms with Gasteiger partial charge in [-0.2, -0.15) is 5.26 Å². The Labute approximate surface area is 79.3 Å². The lowest BCUT2D eigenvalue weighted by Gasteiger charge is -2.23. The molecule has 1 aliphatic heterocycles. The van der Waals surface area contributed by atoms with Crippen molar-refractivity contribution in [1.82, 2.24) is 4.90 Å². The van der Waals surface area contributed by atoms with Crippen molar-refractivity contribution in [3.05, 3.63) is 0 Å². The van der Waals surface area contributed by atoms with Crippen molar-refractivity contribution in [1.29, 1.82) is 5.26 Å². The molecule has 1 fully saturated rings. The van der Waals surface area contributed by atoms with Gasteiger partial charge in [-0.05, 0) is 12.8 Å². The maximum absolute atomic E-state index is 11.5. The van der Waals surface area contributed by atoms with Crippen molar-refractivity contribution >= 4 is 5.91 Å². The Balaban J connectivity index is 2.38. The summed E-state index contributed by atoms with van der Waals surface area (Å²) >= 11 is 0. The fraction of sp³-hybridized carbons (Fsp3) is 0.800. The first kappa shape index (κ1) is 10.0. The van der Waals surface area contributed by atoms with Gasteiger partial charge in [0.25, 0.3) is 0 Å². The van der Waals surface area contributed by atoms with Gasteiger partial charge in [0, 0.05) is 19.5 Å². The molecule has 0 aromatic rings. The Morgan fingerprint density at radius 1 is 1.31 bits per heavy atom. The second-order valence-electron chi connectivity index (χ2n) is 3.45. The lowest BCUT2D eigenvalue weighted by molar-refractivity contribution is -0.131. The van der Waals surface area contributed by atoms with Crippen LogP contribution in [0, 0.1) is 11.3 Å². The minimum Gasteiger partial charge on any atom is -0.342 e. The van der Waals surface area contributed by atoms with Crippen molar-refractivity contribution in [2.45, 2.75) is 38.5 Å². The molecule has 0 aliphatic carbocycles. The predicted octanol–water partition coefficient (Wildman–Crippen LogP) is 1.69. The number of nitriles is 1. The zero-order chi connectivity index (χ0) is 9.52. The van der Waals surface area contributed by atoms with E-state index >= 15 is 0 Å². The fourth-order valence-corrected chi connectivity index (χ4v) is 1.64. The maximum Gasteiger partial charge on any atom is 0.222 e. The highest BCUT2D eigenvalue weighted by Gasteiger charge is 2.14. The first-order valence-electron chi connectivity index (χ1n) is 4.99. The molecule has 1 rings (SSSR count). The standard InChI is InChI=1S/C10H16N2O/c11-7-5-9-12-8-4-2-1-3-6-10(12)13/h1-6,8-9H2. The number of nitrogens with zero attached hydrogens (tertiary/aromatic N) is 2. The van der Waals surface area contributed by atoms with Crippen molar-refractivity contribution in [3.8, 4) is 6.07 Å². The SMILES string of the molecule is N#CCCN1CCCCCCC1=O. The number of hydrogen-bond acceptors (Lipinski definition) is 2. The van der Waals surface area contributed by atoms with Gasteiger partial charge in [-0.15, -0.1) is 0 Å². The van der Waals surface area contributed by atoms with Crippen LogP contribution >= 0.6 is 0 Å². The van der Waals surface area contributed by atoms with E-state index in [2.05, 4.69) is 6.07 Å². The van der Waals surface area contributed by atoms with Crippen LogP contribution in [0.3, 0.4) is 0 Å². The molecule has 0 aromatic carbocycles. The molecular formula is C10H16N2O. The molecule has 0 unspecified atom stereocenters. The largest absolute Gasteiger partial charge is 0.342 e. The minimum absolute atomic E-state index is 0.231. The molecule has 0 aromatic heterocycles. The number of rotatable bonds is 2. The average Bonchev–Trinajstić information content (AvgIpc) is 2.11. The molecular weight excluding hydrogens is 164 g/mol. The third-order valence-corrected chi connectivity index (χ3v) is 2.41. The van der Waals surface area contributed by atoms with Crippen molar-refractivity contribution in [2.24, 2.45) is 0 Å². The van der Waals surface area contributed by atoms with E-state index in [9.17, 15) is 4.79 Å². The molecule has 1 saturated heterocycles. The molecule has 0 saturated carbocycles. The highest BCUT2D eigenvalue weighted by Crippen LogP contribution is 2.11. The predicted molar refractivity (Wildman–Crippen MR) is 49.9 cm³/mol. The third-order valence-electron chi connectivity index (χ3n) is 2.41. The summed E-state index contributed by atoms with van der Waals surface area (Å²) in [7, 11) is 0. The zero-order valence-electron chi connectivity index (χ0n) is 7.96. The highest BCUT2D eigenvalue weighted by molar-refractivity contribution is 5.76. The van der Waals surface area contributed by atoms with E-state index in [-0.39, 0.29) is 5.91 Å². The van der Waals surface area contributed by atoms with Gasteiger partial charge in [-0.1, -0.05) is 12.8 Å². The van der Waals surface area contributed by atoms with Gasteiger partial charge >= 0.3 is 0 Å². The Hall–Kier alpha value is -1.04. The summed E-state index contributed by atoms with van der Waals surface area (Å²) in [6, 6.07) is 2.08. The molecule has 0 spiro atoms. The fourth-order valence-electron chi connectivity index (χ4n) is 1.64. The molecule has 0 radical (unpaired) electrons. The van der Waals surface area contributed by atoms with Crippen molar-refractivity contribution in [3.63, 3.8) is 0 Å². The lowest BCUT2D eigenvalue weighted by Crippen LogP contribution is -2.33. The highest BCUT2D eigenvalue weighted by atomic mass is 16.2. The van der Waals surface area contributed by atoms with E-state index in [1.54, 1.807) is 0 Å². The second-order valence-corrected chi connectivity index (χ2v) is 3.45. The van der Waals surface area contributed by atoms with Gasteiger partial charge in [0.15, 0.2) is 0 Å². The van der Waals surface area contributed by atoms with Crippen molar-refractivity contribution in [2.75, 3.05) is 13.1 Å². The van der Waals surface area contributed by atoms with Crippen LogP contribution in [0.25, 0.3) is 0 Å². The monoisotopic (exact) mass is 180 g/mol. The van der Waals surface area contributed by atoms with Crippen molar-refractivity contribution < 1.29 is 4.79 Å². The molecule has 1 amide bonds. The molecule has 1 heterocycles. The summed E-state index contributed by atoms with van der Waals surface area (Å²) in [6.45, 7) is 1.47. The zero-order valence-corrected chi connectivity index (χ0v) is 7.96. The first-order valence-corrected chi connectivity index (χ1v) is 4.99. The normalized spacial score (nSPS) is 19.0. The van der Waals surface area contributed by atoms with Gasteiger partial charge in [0.05, 0.1) is 12.5 Å². The van der Waals surface area contributed by atoms with E-state index in [0.29, 0.717) is 19.4 Å². The Bertz CT molecular complexity index is 207. The topological polar surface area (TPSA) is 44.1 Å². The maximum atomic E-state index is 11.5. The van der Waals surface area contributed by atoms with E-state index in [1.165, 1.54) is 12.8 Å². The summed E-state index contributed by atoms with van der Waals surface area (Å²) in [4.78, 5) is 13.3. The van der Waals surface area contributed by atoms with Crippen LogP contribution in [0.15, 0.2) is 0 Å². The van der Waals surface area contributed by atoms with Crippen LogP contribution < -0.4 is 0 Å². The average molecular weight is 180 g/mol. The molecule has 72 valence electrons. The molecule has 0 N–H and O–H groups in total. The van der Waals surface area contributed by atoms with Gasteiger partial charge in [-0.3, -0.25) is 4.79 Å². The molecule has 13 heavy (non-hydrogen) atoms. The minimum atomic E-state index is 0.231. The lowest BCUT2D eigenvalue weighted by atomic mass is 10.1. The Morgan fingerprint density at radius 2 is 2.08 bits per heavy atom. The third kappa shape index (κ3) is 3.45. The van der Waals surface area contributed by atoms with E-state index < -0.39 is 0 Å². The van der Waals surface area contributed by atoms with E-state index in [1.807, 2.05) is 4.90 Å². The van der Waals surface area contributed by atoms with Gasteiger partial charge < -0.3 is 4.90 Å². The summed E-state index contributed by atoms with van der Waals surface area (Å²) in [5, 5.41) is 8.42. The summed E-state index contributed by atoms with van der Waals surface area (Å²) in [5.41, 5.74) is 0. The van der Waals surface area contributed by atoms with Gasteiger partial charge in [-0.25, -0.2) is 0 Å². The Kier molecular flexibility index (Phi) is 4.31. The first-order chi connectivity index (χ1) is 6.34. The summed E-state index contributed by atoms with van der Waals surface area (Å²) in [5.74, 6) is 0.231. The Morgan fingerprint density at radius 3 is 2.85 bits per heavy atom. The molecule has 3 heteroatoms. The van der Waals surface area contributed by atoms with E-state index in [0.717, 1.165) is 19.4 Å². The van der Waals surface area contributed by atoms with Crippen LogP contribution in [-0.2, 0) is 4.79 Å². The van der Waals surface area contributed by atoms with Crippen LogP contribution in [0.5, 0.6) is 0 Å². The van der Waals surface area contributed by atoms with Crippen LogP contribution in [0.4, 0.5) is 0 Å². The van der Waals surface area contributed by atoms with Gasteiger partial charge in [0.2, 0.25) is 5.91 Å². The van der Waals surface area contributed by atoms with E-state index in [4.69, 9.17) is 5.26 Å². The molecule has 3 nitrogen and oxygen atoms in total. The smallest absolute Gasteiger partial charge is 0.222 e. The number of likely N-dealkylation sites (tertiary alicyclic amines) is 1. The number of carbonyl (C=O) groups excluding carboxylic acids is 1. The summed E-state index contributed by atoms with van der Waals surface area (Å²) in [6.07, 6.45) is 5.64. The molecule has 0 bridgehead atoms. The molecule has 1 aliphatic rings. The van der Waals surface area contributed by atoms with Crippen LogP contribution in [-0.4, -0.2) is 23.9 Å². The number of hydrogen-bond donors (Lipinski definition) is 0. The molecule has 0 atom stereocenters. The second kappa shape index (κ2) is 5.58. The van der Waals surface area contributed by atoms with Crippen LogP contribution in [0.2, 0.25) is 0 Å². The quantitative estimate of drug-likeness (QED) is 0.649. The summed E-state index contributed by atoms with van der Waals surface area (Å²) < 4.78 is 0. The number of carbonyl (C=O) groups is 1. The number of amides is 1.